The molecule has 216 valence electrons. The van der Waals surface area contributed by atoms with Gasteiger partial charge in [-0.25, -0.2) is 0 Å². The first kappa shape index (κ1) is 27.7. The van der Waals surface area contributed by atoms with E-state index in [0.717, 1.165) is 17.8 Å². The van der Waals surface area contributed by atoms with E-state index in [1.165, 1.54) is 83.0 Å². The molecule has 4 aromatic rings. The normalized spacial score (nSPS) is 25.1. The van der Waals surface area contributed by atoms with Gasteiger partial charge in [0.25, 0.3) is 0 Å². The first-order valence-electron chi connectivity index (χ1n) is 16.5. The predicted molar refractivity (Wildman–Crippen MR) is 180 cm³/mol. The van der Waals surface area contributed by atoms with E-state index in [-0.39, 0.29) is 10.8 Å². The van der Waals surface area contributed by atoms with E-state index < -0.39 is 0 Å². The van der Waals surface area contributed by atoms with Gasteiger partial charge in [0.1, 0.15) is 0 Å². The van der Waals surface area contributed by atoms with Crippen LogP contribution < -0.4 is 0 Å². The monoisotopic (exact) mass is 552 g/mol. The highest BCUT2D eigenvalue weighted by molar-refractivity contribution is 5.97. The lowest BCUT2D eigenvalue weighted by atomic mass is 9.48. The summed E-state index contributed by atoms with van der Waals surface area (Å²) in [5.41, 5.74) is 13.2. The van der Waals surface area contributed by atoms with E-state index in [2.05, 4.69) is 133 Å². The summed E-state index contributed by atoms with van der Waals surface area (Å²) >= 11 is 0. The van der Waals surface area contributed by atoms with Crippen molar-refractivity contribution in [2.75, 3.05) is 0 Å². The van der Waals surface area contributed by atoms with Gasteiger partial charge >= 0.3 is 0 Å². The Morgan fingerprint density at radius 2 is 0.905 bits per heavy atom. The molecule has 8 rings (SSSR count). The lowest BCUT2D eigenvalue weighted by molar-refractivity contribution is -0.00514. The summed E-state index contributed by atoms with van der Waals surface area (Å²) in [5.74, 6) is 2.75. The maximum atomic E-state index is 2.67. The number of hydrogen-bond acceptors (Lipinski definition) is 0. The lowest BCUT2D eigenvalue weighted by Crippen LogP contribution is -2.48. The minimum atomic E-state index is 0.0464. The minimum Gasteiger partial charge on any atom is -0.0622 e. The van der Waals surface area contributed by atoms with Crippen molar-refractivity contribution in [2.45, 2.75) is 96.3 Å². The Bertz CT molecular complexity index is 1490. The molecule has 0 nitrogen and oxygen atoms in total. The van der Waals surface area contributed by atoms with Crippen molar-refractivity contribution in [2.24, 2.45) is 17.8 Å². The van der Waals surface area contributed by atoms with E-state index >= 15 is 0 Å². The molecule has 0 amide bonds. The number of rotatable bonds is 4. The predicted octanol–water partition coefficient (Wildman–Crippen LogP) is 11.8. The first-order valence-corrected chi connectivity index (χ1v) is 16.5. The maximum absolute atomic E-state index is 2.67. The van der Waals surface area contributed by atoms with Crippen molar-refractivity contribution in [1.29, 1.82) is 0 Å². The molecule has 0 aromatic heterocycles. The molecule has 0 N–H and O–H groups in total. The molecule has 4 aliphatic carbocycles. The van der Waals surface area contributed by atoms with E-state index in [1.54, 1.807) is 5.56 Å². The Balaban J connectivity index is 1.59. The fourth-order valence-electron chi connectivity index (χ4n) is 9.50. The molecule has 4 fully saturated rings. The highest BCUT2D eigenvalue weighted by Gasteiger charge is 2.52. The third-order valence-corrected chi connectivity index (χ3v) is 10.9. The van der Waals surface area contributed by atoms with Crippen LogP contribution in [0, 0.1) is 17.8 Å². The summed E-state index contributed by atoms with van der Waals surface area (Å²) in [5, 5.41) is 0. The first-order chi connectivity index (χ1) is 20.0. The van der Waals surface area contributed by atoms with E-state index in [9.17, 15) is 0 Å². The van der Waals surface area contributed by atoms with Crippen LogP contribution in [-0.2, 0) is 16.2 Å². The summed E-state index contributed by atoms with van der Waals surface area (Å²) in [7, 11) is 0. The lowest BCUT2D eigenvalue weighted by Gasteiger charge is -2.57. The van der Waals surface area contributed by atoms with Crippen LogP contribution in [0.5, 0.6) is 0 Å². The fourth-order valence-corrected chi connectivity index (χ4v) is 9.50. The second-order valence-electron chi connectivity index (χ2n) is 16.1. The molecule has 0 spiro atoms. The largest absolute Gasteiger partial charge is 0.0622 e. The van der Waals surface area contributed by atoms with Gasteiger partial charge in [-0.2, -0.15) is 0 Å². The van der Waals surface area contributed by atoms with Crippen LogP contribution in [0.3, 0.4) is 0 Å². The van der Waals surface area contributed by atoms with Crippen LogP contribution in [-0.4, -0.2) is 0 Å². The van der Waals surface area contributed by atoms with E-state index in [0.29, 0.717) is 5.41 Å². The molecular weight excluding hydrogens is 504 g/mol. The van der Waals surface area contributed by atoms with Crippen molar-refractivity contribution in [3.63, 3.8) is 0 Å². The van der Waals surface area contributed by atoms with Crippen LogP contribution in [0.2, 0.25) is 0 Å². The Kier molecular flexibility index (Phi) is 6.58. The fraction of sp³-hybridized carbons (Fsp3) is 0.429. The van der Waals surface area contributed by atoms with Crippen LogP contribution in [0.1, 0.15) is 96.8 Å². The molecule has 4 bridgehead atoms. The van der Waals surface area contributed by atoms with Gasteiger partial charge in [-0.3, -0.25) is 0 Å². The van der Waals surface area contributed by atoms with Crippen LogP contribution in [0.4, 0.5) is 0 Å². The van der Waals surface area contributed by atoms with Gasteiger partial charge in [0.2, 0.25) is 0 Å². The van der Waals surface area contributed by atoms with Gasteiger partial charge in [-0.1, -0.05) is 120 Å². The standard InChI is InChI=1S/C42H48/c1-40(2,3)37-18-12-10-16-33(37)35-23-32(42-25-28-20-29(26-42)22-30(21-28)27-42)24-36(39(35)31-14-8-7-9-15-31)34-17-11-13-19-38(34)41(4,5)6/h7-19,23-24,28-30H,20-22,25-27H2,1-6H3. The van der Waals surface area contributed by atoms with Crippen molar-refractivity contribution in [3.05, 3.63) is 108 Å². The summed E-state index contributed by atoms with van der Waals surface area (Å²) < 4.78 is 0. The molecule has 0 atom stereocenters. The molecule has 0 aliphatic heterocycles. The van der Waals surface area contributed by atoms with Gasteiger partial charge in [-0.15, -0.1) is 0 Å². The zero-order chi connectivity index (χ0) is 29.3. The summed E-state index contributed by atoms with van der Waals surface area (Å²) in [6, 6.07) is 35.0. The highest BCUT2D eigenvalue weighted by Crippen LogP contribution is 2.62. The average molecular weight is 553 g/mol. The van der Waals surface area contributed by atoms with Gasteiger partial charge in [-0.05, 0) is 135 Å². The quantitative estimate of drug-likeness (QED) is 0.236. The molecule has 0 saturated heterocycles. The van der Waals surface area contributed by atoms with Crippen LogP contribution in [0.25, 0.3) is 33.4 Å². The van der Waals surface area contributed by atoms with Crippen molar-refractivity contribution in [3.8, 4) is 33.4 Å². The number of hydrogen-bond donors (Lipinski definition) is 0. The average Bonchev–Trinajstić information content (AvgIpc) is 2.95. The molecule has 0 heteroatoms. The topological polar surface area (TPSA) is 0 Å². The molecule has 0 unspecified atom stereocenters. The molecule has 4 saturated carbocycles. The Hall–Kier alpha value is -3.12. The maximum Gasteiger partial charge on any atom is -0.00264 e. The zero-order valence-corrected chi connectivity index (χ0v) is 26.6. The molecule has 4 aromatic carbocycles. The summed E-state index contributed by atoms with van der Waals surface area (Å²) in [4.78, 5) is 0. The smallest absolute Gasteiger partial charge is 0.00264 e. The van der Waals surface area contributed by atoms with Gasteiger partial charge in [0.05, 0.1) is 0 Å². The second-order valence-corrected chi connectivity index (χ2v) is 16.1. The van der Waals surface area contributed by atoms with Gasteiger partial charge < -0.3 is 0 Å². The Labute approximate surface area is 254 Å². The van der Waals surface area contributed by atoms with Crippen molar-refractivity contribution >= 4 is 0 Å². The zero-order valence-electron chi connectivity index (χ0n) is 26.6. The van der Waals surface area contributed by atoms with Crippen molar-refractivity contribution < 1.29 is 0 Å². The molecule has 0 radical (unpaired) electrons. The Morgan fingerprint density at radius 3 is 1.33 bits per heavy atom. The van der Waals surface area contributed by atoms with Gasteiger partial charge in [0, 0.05) is 0 Å². The molecule has 4 aliphatic rings. The molecular formula is C42H48. The molecule has 0 heterocycles. The highest BCUT2D eigenvalue weighted by atomic mass is 14.6. The second kappa shape index (κ2) is 9.97. The third kappa shape index (κ3) is 4.76. The number of benzene rings is 4. The van der Waals surface area contributed by atoms with Gasteiger partial charge in [0.15, 0.2) is 0 Å². The van der Waals surface area contributed by atoms with E-state index in [1.807, 2.05) is 0 Å². The molecule has 42 heavy (non-hydrogen) atoms. The summed E-state index contributed by atoms with van der Waals surface area (Å²) in [6.07, 6.45) is 8.56. The van der Waals surface area contributed by atoms with E-state index in [4.69, 9.17) is 0 Å². The van der Waals surface area contributed by atoms with Crippen LogP contribution >= 0.6 is 0 Å². The third-order valence-electron chi connectivity index (χ3n) is 10.9. The van der Waals surface area contributed by atoms with Crippen LogP contribution in [0.15, 0.2) is 91.0 Å². The minimum absolute atomic E-state index is 0.0464. The summed E-state index contributed by atoms with van der Waals surface area (Å²) in [6.45, 7) is 14.2. The SMILES string of the molecule is CC(C)(C)c1ccccc1-c1cc(C23CC4CC(CC(C4)C2)C3)cc(-c2ccccc2C(C)(C)C)c1-c1ccccc1. The Morgan fingerprint density at radius 1 is 0.500 bits per heavy atom. The van der Waals surface area contributed by atoms with Crippen molar-refractivity contribution in [1.82, 2.24) is 0 Å².